The highest BCUT2D eigenvalue weighted by Gasteiger charge is 2.48. The molecule has 2 rings (SSSR count). The predicted molar refractivity (Wildman–Crippen MR) is 83.4 cm³/mol. The number of benzene rings is 1. The van der Waals surface area contributed by atoms with E-state index in [4.69, 9.17) is 0 Å². The fraction of sp³-hybridized carbons (Fsp3) is 0.444. The van der Waals surface area contributed by atoms with Crippen molar-refractivity contribution in [1.29, 1.82) is 0 Å². The SMILES string of the molecule is CCN(CC)CC#CCC1(C)C(=O)c2ccccc2C1=O. The van der Waals surface area contributed by atoms with E-state index in [1.165, 1.54) is 0 Å². The minimum absolute atomic E-state index is 0.0970. The van der Waals surface area contributed by atoms with Crippen LogP contribution in [0.3, 0.4) is 0 Å². The third-order valence-corrected chi connectivity index (χ3v) is 4.18. The average Bonchev–Trinajstić information content (AvgIpc) is 2.70. The summed E-state index contributed by atoms with van der Waals surface area (Å²) < 4.78 is 0. The summed E-state index contributed by atoms with van der Waals surface area (Å²) in [6.45, 7) is 8.47. The highest BCUT2D eigenvalue weighted by Crippen LogP contribution is 2.38. The Bertz CT molecular complexity index is 583. The highest BCUT2D eigenvalue weighted by atomic mass is 16.2. The number of ketones is 2. The summed E-state index contributed by atoms with van der Waals surface area (Å²) in [5.74, 6) is 5.91. The molecule has 0 N–H and O–H groups in total. The molecule has 0 aliphatic heterocycles. The number of fused-ring (bicyclic) bond motifs is 1. The van der Waals surface area contributed by atoms with Gasteiger partial charge in [0.15, 0.2) is 11.6 Å². The first-order valence-electron chi connectivity index (χ1n) is 7.41. The fourth-order valence-corrected chi connectivity index (χ4v) is 2.59. The molecule has 0 saturated heterocycles. The maximum absolute atomic E-state index is 12.5. The largest absolute Gasteiger partial charge is 0.293 e. The molecule has 110 valence electrons. The monoisotopic (exact) mass is 283 g/mol. The Morgan fingerprint density at radius 1 is 1.00 bits per heavy atom. The van der Waals surface area contributed by atoms with Crippen LogP contribution < -0.4 is 0 Å². The van der Waals surface area contributed by atoms with Gasteiger partial charge in [-0.2, -0.15) is 0 Å². The molecule has 3 nitrogen and oxygen atoms in total. The number of hydrogen-bond acceptors (Lipinski definition) is 3. The zero-order valence-corrected chi connectivity index (χ0v) is 12.9. The Morgan fingerprint density at radius 2 is 1.52 bits per heavy atom. The van der Waals surface area contributed by atoms with Gasteiger partial charge < -0.3 is 0 Å². The number of Topliss-reactive ketones (excluding diaryl/α,β-unsaturated/α-hetero) is 2. The van der Waals surface area contributed by atoms with E-state index in [2.05, 4.69) is 30.6 Å². The van der Waals surface area contributed by atoms with E-state index in [0.29, 0.717) is 24.1 Å². The Morgan fingerprint density at radius 3 is 2.00 bits per heavy atom. The average molecular weight is 283 g/mol. The van der Waals surface area contributed by atoms with Crippen molar-refractivity contribution in [3.05, 3.63) is 35.4 Å². The molecule has 0 amide bonds. The lowest BCUT2D eigenvalue weighted by molar-refractivity contribution is 0.0728. The number of rotatable bonds is 4. The molecule has 0 aromatic heterocycles. The van der Waals surface area contributed by atoms with Crippen LogP contribution in [-0.4, -0.2) is 36.1 Å². The molecule has 0 saturated carbocycles. The zero-order chi connectivity index (χ0) is 15.5. The zero-order valence-electron chi connectivity index (χ0n) is 12.9. The summed E-state index contributed by atoms with van der Waals surface area (Å²) in [5.41, 5.74) is 0.0611. The van der Waals surface area contributed by atoms with Crippen molar-refractivity contribution >= 4 is 11.6 Å². The van der Waals surface area contributed by atoms with Gasteiger partial charge in [0.05, 0.1) is 6.54 Å². The van der Waals surface area contributed by atoms with Gasteiger partial charge in [-0.05, 0) is 20.0 Å². The van der Waals surface area contributed by atoms with Gasteiger partial charge in [0.25, 0.3) is 0 Å². The molecule has 0 spiro atoms. The molecule has 1 aromatic rings. The first kappa shape index (κ1) is 15.5. The van der Waals surface area contributed by atoms with E-state index >= 15 is 0 Å². The molecule has 0 atom stereocenters. The van der Waals surface area contributed by atoms with Gasteiger partial charge in [-0.1, -0.05) is 44.0 Å². The van der Waals surface area contributed by atoms with Crippen LogP contribution in [0.1, 0.15) is 47.9 Å². The van der Waals surface area contributed by atoms with Gasteiger partial charge in [0.1, 0.15) is 5.41 Å². The maximum atomic E-state index is 12.5. The smallest absolute Gasteiger partial charge is 0.178 e. The van der Waals surface area contributed by atoms with Crippen LogP contribution in [0.25, 0.3) is 0 Å². The molecule has 0 unspecified atom stereocenters. The van der Waals surface area contributed by atoms with Crippen LogP contribution in [-0.2, 0) is 0 Å². The molecule has 1 aliphatic rings. The minimum atomic E-state index is -1.01. The molecule has 0 radical (unpaired) electrons. The van der Waals surface area contributed by atoms with Crippen molar-refractivity contribution in [3.63, 3.8) is 0 Å². The van der Waals surface area contributed by atoms with Crippen molar-refractivity contribution in [3.8, 4) is 11.8 Å². The van der Waals surface area contributed by atoms with Gasteiger partial charge in [0, 0.05) is 17.5 Å². The van der Waals surface area contributed by atoms with Crippen LogP contribution in [0.5, 0.6) is 0 Å². The first-order chi connectivity index (χ1) is 10.0. The molecule has 0 bridgehead atoms. The van der Waals surface area contributed by atoms with Gasteiger partial charge in [-0.3, -0.25) is 14.5 Å². The molecule has 21 heavy (non-hydrogen) atoms. The third-order valence-electron chi connectivity index (χ3n) is 4.18. The molecular weight excluding hydrogens is 262 g/mol. The molecule has 0 fully saturated rings. The molecule has 0 heterocycles. The fourth-order valence-electron chi connectivity index (χ4n) is 2.59. The number of carbonyl (C=O) groups is 2. The highest BCUT2D eigenvalue weighted by molar-refractivity contribution is 6.29. The Kier molecular flexibility index (Phi) is 4.59. The normalized spacial score (nSPS) is 15.8. The van der Waals surface area contributed by atoms with E-state index in [1.807, 2.05) is 0 Å². The summed E-state index contributed by atoms with van der Waals surface area (Å²) in [4.78, 5) is 27.1. The lowest BCUT2D eigenvalue weighted by atomic mass is 9.82. The Hall–Kier alpha value is -1.92. The first-order valence-corrected chi connectivity index (χ1v) is 7.41. The van der Waals surface area contributed by atoms with Gasteiger partial charge in [-0.15, -0.1) is 5.92 Å². The number of hydrogen-bond donors (Lipinski definition) is 0. The topological polar surface area (TPSA) is 37.4 Å². The standard InChI is InChI=1S/C18H21NO2/c1-4-19(5-2)13-9-8-12-18(3)16(20)14-10-6-7-11-15(14)17(18)21/h6-7,10-11H,4-5,12-13H2,1-3H3. The van der Waals surface area contributed by atoms with Crippen molar-refractivity contribution in [2.24, 2.45) is 5.41 Å². The second-order valence-corrected chi connectivity index (χ2v) is 5.53. The van der Waals surface area contributed by atoms with Crippen LogP contribution in [0.2, 0.25) is 0 Å². The summed E-state index contributed by atoms with van der Waals surface area (Å²) in [6, 6.07) is 7.04. The van der Waals surface area contributed by atoms with Gasteiger partial charge in [0.2, 0.25) is 0 Å². The molecule has 1 aromatic carbocycles. The lowest BCUT2D eigenvalue weighted by Crippen LogP contribution is -2.29. The summed E-state index contributed by atoms with van der Waals surface area (Å²) in [5, 5.41) is 0. The number of nitrogens with zero attached hydrogens (tertiary/aromatic N) is 1. The van der Waals surface area contributed by atoms with Crippen molar-refractivity contribution in [2.45, 2.75) is 27.2 Å². The van der Waals surface area contributed by atoms with Crippen molar-refractivity contribution < 1.29 is 9.59 Å². The second-order valence-electron chi connectivity index (χ2n) is 5.53. The van der Waals surface area contributed by atoms with Gasteiger partial charge >= 0.3 is 0 Å². The van der Waals surface area contributed by atoms with Crippen LogP contribution >= 0.6 is 0 Å². The van der Waals surface area contributed by atoms with E-state index in [1.54, 1.807) is 31.2 Å². The molecule has 1 aliphatic carbocycles. The maximum Gasteiger partial charge on any atom is 0.178 e. The summed E-state index contributed by atoms with van der Waals surface area (Å²) in [7, 11) is 0. The van der Waals surface area contributed by atoms with E-state index in [9.17, 15) is 9.59 Å². The Balaban J connectivity index is 2.13. The summed E-state index contributed by atoms with van der Waals surface area (Å²) >= 11 is 0. The van der Waals surface area contributed by atoms with Gasteiger partial charge in [-0.25, -0.2) is 0 Å². The van der Waals surface area contributed by atoms with E-state index in [-0.39, 0.29) is 11.6 Å². The second kappa shape index (κ2) is 6.24. The van der Waals surface area contributed by atoms with Crippen molar-refractivity contribution in [1.82, 2.24) is 4.90 Å². The third kappa shape index (κ3) is 2.77. The van der Waals surface area contributed by atoms with Crippen LogP contribution in [0, 0.1) is 17.3 Å². The summed E-state index contributed by atoms with van der Waals surface area (Å²) in [6.07, 6.45) is 0.292. The van der Waals surface area contributed by atoms with E-state index < -0.39 is 5.41 Å². The predicted octanol–water partition coefficient (Wildman–Crippen LogP) is 2.81. The quantitative estimate of drug-likeness (QED) is 0.630. The van der Waals surface area contributed by atoms with Crippen molar-refractivity contribution in [2.75, 3.05) is 19.6 Å². The van der Waals surface area contributed by atoms with E-state index in [0.717, 1.165) is 13.1 Å². The number of carbonyl (C=O) groups excluding carboxylic acids is 2. The minimum Gasteiger partial charge on any atom is -0.293 e. The van der Waals surface area contributed by atoms with Crippen LogP contribution in [0.15, 0.2) is 24.3 Å². The van der Waals surface area contributed by atoms with Crippen LogP contribution in [0.4, 0.5) is 0 Å². The molecular formula is C18H21NO2. The molecule has 3 heteroatoms. The Labute approximate surface area is 126 Å². The lowest BCUT2D eigenvalue weighted by Gasteiger charge is -2.17.